The molecule has 0 aliphatic carbocycles. The Bertz CT molecular complexity index is 219. The second-order valence-corrected chi connectivity index (χ2v) is 4.24. The van der Waals surface area contributed by atoms with E-state index in [0.717, 1.165) is 6.92 Å². The van der Waals surface area contributed by atoms with Crippen LogP contribution in [-0.2, 0) is 4.74 Å². The number of rotatable bonds is 1. The molecule has 0 spiro atoms. The number of hydrogen-bond acceptors (Lipinski definition) is 2. The summed E-state index contributed by atoms with van der Waals surface area (Å²) in [5.74, 6) is 0. The molecule has 84 valence electrons. The fourth-order valence-corrected chi connectivity index (χ4v) is 1.54. The number of halogens is 3. The molecule has 0 aromatic carbocycles. The number of nitrogens with one attached hydrogen (secondary N) is 1. The van der Waals surface area contributed by atoms with E-state index in [1.807, 2.05) is 6.92 Å². The fourth-order valence-electron chi connectivity index (χ4n) is 1.54. The van der Waals surface area contributed by atoms with Gasteiger partial charge in [0, 0.05) is 13.1 Å². The minimum atomic E-state index is -4.32. The molecule has 0 aromatic heterocycles. The highest BCUT2D eigenvalue weighted by molar-refractivity contribution is 4.95. The van der Waals surface area contributed by atoms with Gasteiger partial charge >= 0.3 is 6.18 Å². The molecular formula is C9H16F3NO. The van der Waals surface area contributed by atoms with Crippen molar-refractivity contribution in [3.05, 3.63) is 0 Å². The van der Waals surface area contributed by atoms with Crippen LogP contribution in [0.15, 0.2) is 0 Å². The molecule has 0 radical (unpaired) electrons. The van der Waals surface area contributed by atoms with Gasteiger partial charge in [-0.1, -0.05) is 6.92 Å². The van der Waals surface area contributed by atoms with Gasteiger partial charge in [-0.05, 0) is 20.3 Å². The molecule has 1 rings (SSSR count). The third-order valence-electron chi connectivity index (χ3n) is 2.78. The molecule has 1 saturated heterocycles. The zero-order valence-electron chi connectivity index (χ0n) is 8.66. The van der Waals surface area contributed by atoms with Crippen molar-refractivity contribution in [2.45, 2.75) is 44.6 Å². The molecule has 0 amide bonds. The Labute approximate surface area is 81.8 Å². The summed E-state index contributed by atoms with van der Waals surface area (Å²) in [5.41, 5.74) is -2.78. The first-order valence-corrected chi connectivity index (χ1v) is 4.70. The summed E-state index contributed by atoms with van der Waals surface area (Å²) in [6.45, 7) is 4.90. The van der Waals surface area contributed by atoms with Crippen LogP contribution in [0.4, 0.5) is 13.2 Å². The van der Waals surface area contributed by atoms with Crippen LogP contribution in [0.2, 0.25) is 0 Å². The first-order chi connectivity index (χ1) is 6.22. The van der Waals surface area contributed by atoms with Crippen LogP contribution in [0.1, 0.15) is 27.2 Å². The van der Waals surface area contributed by atoms with Gasteiger partial charge in [0.25, 0.3) is 0 Å². The maximum absolute atomic E-state index is 12.6. The van der Waals surface area contributed by atoms with Crippen molar-refractivity contribution in [3.63, 3.8) is 0 Å². The molecule has 1 aliphatic heterocycles. The summed E-state index contributed by atoms with van der Waals surface area (Å²) < 4.78 is 43.1. The number of alkyl halides is 3. The minimum absolute atomic E-state index is 0.175. The molecule has 1 N–H and O–H groups in total. The van der Waals surface area contributed by atoms with Gasteiger partial charge in [-0.2, -0.15) is 13.2 Å². The van der Waals surface area contributed by atoms with Gasteiger partial charge in [-0.3, -0.25) is 0 Å². The van der Waals surface area contributed by atoms with Crippen molar-refractivity contribution in [2.75, 3.05) is 13.1 Å². The first kappa shape index (κ1) is 11.8. The van der Waals surface area contributed by atoms with Crippen molar-refractivity contribution in [2.24, 2.45) is 0 Å². The highest BCUT2D eigenvalue weighted by Gasteiger charge is 2.56. The monoisotopic (exact) mass is 211 g/mol. The molecule has 0 aromatic rings. The standard InChI is InChI=1S/C9H16F3NO/c1-4-7(2)5-13-6-8(3,14-7)9(10,11)12/h13H,4-6H2,1-3H3. The van der Waals surface area contributed by atoms with Crippen molar-refractivity contribution in [1.29, 1.82) is 0 Å². The molecule has 2 atom stereocenters. The van der Waals surface area contributed by atoms with Crippen LogP contribution in [0, 0.1) is 0 Å². The van der Waals surface area contributed by atoms with Crippen molar-refractivity contribution >= 4 is 0 Å². The zero-order chi connectivity index (χ0) is 11.0. The van der Waals surface area contributed by atoms with E-state index >= 15 is 0 Å². The molecule has 1 heterocycles. The lowest BCUT2D eigenvalue weighted by Crippen LogP contribution is -2.63. The van der Waals surface area contributed by atoms with E-state index < -0.39 is 17.4 Å². The Morgan fingerprint density at radius 3 is 2.29 bits per heavy atom. The summed E-state index contributed by atoms with van der Waals surface area (Å²) in [7, 11) is 0. The zero-order valence-corrected chi connectivity index (χ0v) is 8.66. The second kappa shape index (κ2) is 3.38. The predicted octanol–water partition coefficient (Wildman–Crippen LogP) is 2.10. The Morgan fingerprint density at radius 2 is 1.86 bits per heavy atom. The van der Waals surface area contributed by atoms with Gasteiger partial charge < -0.3 is 10.1 Å². The summed E-state index contributed by atoms with van der Waals surface area (Å²) in [5, 5.41) is 2.78. The molecule has 2 unspecified atom stereocenters. The van der Waals surface area contributed by atoms with Crippen molar-refractivity contribution < 1.29 is 17.9 Å². The Morgan fingerprint density at radius 1 is 1.29 bits per heavy atom. The average Bonchev–Trinajstić information content (AvgIpc) is 2.02. The van der Waals surface area contributed by atoms with Crippen LogP contribution >= 0.6 is 0 Å². The number of morpholine rings is 1. The van der Waals surface area contributed by atoms with E-state index in [2.05, 4.69) is 5.32 Å². The van der Waals surface area contributed by atoms with Crippen LogP contribution < -0.4 is 5.32 Å². The summed E-state index contributed by atoms with van der Waals surface area (Å²) in [4.78, 5) is 0. The average molecular weight is 211 g/mol. The molecule has 14 heavy (non-hydrogen) atoms. The van der Waals surface area contributed by atoms with Crippen LogP contribution in [0.5, 0.6) is 0 Å². The lowest BCUT2D eigenvalue weighted by Gasteiger charge is -2.45. The third kappa shape index (κ3) is 2.03. The maximum Gasteiger partial charge on any atom is 0.418 e. The minimum Gasteiger partial charge on any atom is -0.357 e. The lowest BCUT2D eigenvalue weighted by atomic mass is 9.95. The fraction of sp³-hybridized carbons (Fsp3) is 1.00. The topological polar surface area (TPSA) is 21.3 Å². The smallest absolute Gasteiger partial charge is 0.357 e. The van der Waals surface area contributed by atoms with Gasteiger partial charge in [-0.15, -0.1) is 0 Å². The van der Waals surface area contributed by atoms with Gasteiger partial charge in [0.05, 0.1) is 5.60 Å². The molecule has 0 saturated carbocycles. The summed E-state index contributed by atoms with van der Waals surface area (Å²) >= 11 is 0. The molecule has 1 aliphatic rings. The maximum atomic E-state index is 12.6. The van der Waals surface area contributed by atoms with E-state index in [-0.39, 0.29) is 6.54 Å². The quantitative estimate of drug-likeness (QED) is 0.717. The normalized spacial score (nSPS) is 39.9. The van der Waals surface area contributed by atoms with Crippen molar-refractivity contribution in [3.8, 4) is 0 Å². The van der Waals surface area contributed by atoms with Gasteiger partial charge in [0.15, 0.2) is 5.60 Å². The number of hydrogen-bond donors (Lipinski definition) is 1. The molecule has 5 heteroatoms. The van der Waals surface area contributed by atoms with Crippen LogP contribution in [0.3, 0.4) is 0 Å². The summed E-state index contributed by atoms with van der Waals surface area (Å²) in [6.07, 6.45) is -3.76. The molecular weight excluding hydrogens is 195 g/mol. The van der Waals surface area contributed by atoms with Gasteiger partial charge in [0.2, 0.25) is 0 Å². The summed E-state index contributed by atoms with van der Waals surface area (Å²) in [6, 6.07) is 0. The highest BCUT2D eigenvalue weighted by atomic mass is 19.4. The van der Waals surface area contributed by atoms with E-state index in [4.69, 9.17) is 4.74 Å². The Balaban J connectivity index is 2.82. The van der Waals surface area contributed by atoms with Crippen LogP contribution in [-0.4, -0.2) is 30.5 Å². The number of ether oxygens (including phenoxy) is 1. The largest absolute Gasteiger partial charge is 0.418 e. The Hall–Kier alpha value is -0.290. The van der Waals surface area contributed by atoms with E-state index in [1.165, 1.54) is 0 Å². The van der Waals surface area contributed by atoms with E-state index in [9.17, 15) is 13.2 Å². The SMILES string of the molecule is CCC1(C)CNCC(C)(C(F)(F)F)O1. The predicted molar refractivity (Wildman–Crippen MR) is 47.1 cm³/mol. The molecule has 0 bridgehead atoms. The lowest BCUT2D eigenvalue weighted by molar-refractivity contribution is -0.310. The van der Waals surface area contributed by atoms with Crippen LogP contribution in [0.25, 0.3) is 0 Å². The molecule has 1 fully saturated rings. The Kier molecular flexibility index (Phi) is 2.84. The van der Waals surface area contributed by atoms with E-state index in [0.29, 0.717) is 13.0 Å². The van der Waals surface area contributed by atoms with Gasteiger partial charge in [0.1, 0.15) is 0 Å². The first-order valence-electron chi connectivity index (χ1n) is 4.70. The van der Waals surface area contributed by atoms with E-state index in [1.54, 1.807) is 6.92 Å². The third-order valence-corrected chi connectivity index (χ3v) is 2.78. The highest BCUT2D eigenvalue weighted by Crippen LogP contribution is 2.38. The second-order valence-electron chi connectivity index (χ2n) is 4.24. The molecule has 2 nitrogen and oxygen atoms in total. The van der Waals surface area contributed by atoms with Crippen molar-refractivity contribution in [1.82, 2.24) is 5.32 Å². The van der Waals surface area contributed by atoms with Gasteiger partial charge in [-0.25, -0.2) is 0 Å².